The maximum Gasteiger partial charge on any atom is 0.270 e. The fraction of sp³-hybridized carbons (Fsp3) is 0.250. The second-order valence-electron chi connectivity index (χ2n) is 6.85. The molecule has 1 aliphatic rings. The Morgan fingerprint density at radius 1 is 1.41 bits per heavy atom. The van der Waals surface area contributed by atoms with E-state index in [1.807, 2.05) is 12.1 Å². The van der Waals surface area contributed by atoms with Crippen molar-refractivity contribution < 1.29 is 4.39 Å². The van der Waals surface area contributed by atoms with Crippen LogP contribution in [0.5, 0.6) is 0 Å². The fourth-order valence-electron chi connectivity index (χ4n) is 3.23. The molecule has 1 aromatic carbocycles. The summed E-state index contributed by atoms with van der Waals surface area (Å²) in [6, 6.07) is 8.78. The Labute approximate surface area is 174 Å². The summed E-state index contributed by atoms with van der Waals surface area (Å²) in [7, 11) is -0.536. The number of pyridine rings is 1. The third-order valence-corrected chi connectivity index (χ3v) is 6.82. The highest BCUT2D eigenvalue weighted by molar-refractivity contribution is 8.13. The zero-order valence-corrected chi connectivity index (χ0v) is 17.0. The number of aromatic nitrogens is 1. The Bertz CT molecular complexity index is 924. The third-order valence-electron chi connectivity index (χ3n) is 5.01. The molecule has 1 fully saturated rings. The number of nitrogens with two attached hydrogens (primary N) is 1. The Morgan fingerprint density at radius 3 is 2.76 bits per heavy atom. The van der Waals surface area contributed by atoms with Crippen LogP contribution in [0.2, 0.25) is 12.6 Å². The highest BCUT2D eigenvalue weighted by Crippen LogP contribution is 2.34. The van der Waals surface area contributed by atoms with Gasteiger partial charge in [-0.1, -0.05) is 18.7 Å². The van der Waals surface area contributed by atoms with Crippen LogP contribution >= 0.6 is 10.9 Å². The molecule has 0 aliphatic carbocycles. The quantitative estimate of drug-likeness (QED) is 0.316. The molecule has 1 aliphatic heterocycles. The van der Waals surface area contributed by atoms with Crippen molar-refractivity contribution in [2.24, 2.45) is 5.84 Å². The van der Waals surface area contributed by atoms with Crippen molar-refractivity contribution in [3.8, 4) is 5.97 Å². The number of nitriles is 1. The second kappa shape index (κ2) is 9.70. The van der Waals surface area contributed by atoms with Crippen molar-refractivity contribution in [3.05, 3.63) is 66.2 Å². The zero-order chi connectivity index (χ0) is 20.8. The van der Waals surface area contributed by atoms with Gasteiger partial charge in [-0.2, -0.15) is 0 Å². The van der Waals surface area contributed by atoms with Crippen molar-refractivity contribution in [2.75, 3.05) is 17.4 Å². The lowest BCUT2D eigenvalue weighted by molar-refractivity contribution is 0.500. The standard InChI is InChI=1S/C20H24BFN6S/c1-16(26-24)17-5-6-18(20(22)12-17)14-28(19-4-3-9-25-13-19)29(2)27-10-7-21(15-23)8-11-27/h3-6,9,12-13,26H,1-2,7-8,10-11,14,24H2. The van der Waals surface area contributed by atoms with Gasteiger partial charge < -0.3 is 9.73 Å². The first kappa shape index (κ1) is 21.1. The van der Waals surface area contributed by atoms with Crippen molar-refractivity contribution in [1.29, 1.82) is 5.26 Å². The molecular weight excluding hydrogens is 386 g/mol. The van der Waals surface area contributed by atoms with E-state index in [-0.39, 0.29) is 12.5 Å². The maximum atomic E-state index is 14.8. The first-order valence-corrected chi connectivity index (χ1v) is 10.6. The molecule has 2 aromatic rings. The van der Waals surface area contributed by atoms with Gasteiger partial charge in [0.1, 0.15) is 5.82 Å². The monoisotopic (exact) mass is 410 g/mol. The smallest absolute Gasteiger partial charge is 0.270 e. The van der Waals surface area contributed by atoms with Crippen LogP contribution in [0.4, 0.5) is 10.1 Å². The molecular formula is C20H24BFN6S. The Balaban J connectivity index is 1.85. The lowest BCUT2D eigenvalue weighted by atomic mass is 9.45. The summed E-state index contributed by atoms with van der Waals surface area (Å²) in [6.07, 6.45) is 5.13. The van der Waals surface area contributed by atoms with Gasteiger partial charge in [0.05, 0.1) is 18.4 Å². The van der Waals surface area contributed by atoms with E-state index in [0.29, 0.717) is 23.4 Å². The lowest BCUT2D eigenvalue weighted by Gasteiger charge is -2.37. The number of nitrogens with zero attached hydrogens (tertiary/aromatic N) is 4. The molecule has 0 bridgehead atoms. The van der Waals surface area contributed by atoms with Crippen molar-refractivity contribution in [1.82, 2.24) is 14.7 Å². The van der Waals surface area contributed by atoms with Gasteiger partial charge in [-0.15, -0.1) is 0 Å². The molecule has 1 aromatic heterocycles. The number of benzene rings is 1. The minimum absolute atomic E-state index is 0.101. The first-order valence-electron chi connectivity index (χ1n) is 9.34. The van der Waals surface area contributed by atoms with Crippen molar-refractivity contribution in [3.63, 3.8) is 0 Å². The molecule has 0 radical (unpaired) electrons. The van der Waals surface area contributed by atoms with E-state index in [1.54, 1.807) is 24.5 Å². The number of nitrogens with one attached hydrogen (secondary N) is 1. The Kier molecular flexibility index (Phi) is 7.04. The molecule has 6 nitrogen and oxygen atoms in total. The first-order chi connectivity index (χ1) is 14.0. The second-order valence-corrected chi connectivity index (χ2v) is 8.49. The van der Waals surface area contributed by atoms with Gasteiger partial charge in [-0.3, -0.25) is 10.8 Å². The Hall–Kier alpha value is -2.67. The SMILES string of the molecule is C=C(NN)c1ccc(CN(c2cccnc2)S(=C)N2CCB(C#N)CC2)c(F)c1. The number of anilines is 1. The highest BCUT2D eigenvalue weighted by atomic mass is 32.2. The maximum absolute atomic E-state index is 14.8. The van der Waals surface area contributed by atoms with Crippen molar-refractivity contribution in [2.45, 2.75) is 19.2 Å². The van der Waals surface area contributed by atoms with E-state index in [2.05, 4.69) is 37.4 Å². The van der Waals surface area contributed by atoms with Gasteiger partial charge in [0.2, 0.25) is 0 Å². The van der Waals surface area contributed by atoms with Crippen LogP contribution in [0.1, 0.15) is 11.1 Å². The lowest BCUT2D eigenvalue weighted by Crippen LogP contribution is -2.37. The average molecular weight is 410 g/mol. The molecule has 1 atom stereocenters. The molecule has 0 spiro atoms. The van der Waals surface area contributed by atoms with Crippen LogP contribution in [0.25, 0.3) is 5.70 Å². The molecule has 3 N–H and O–H groups in total. The van der Waals surface area contributed by atoms with Gasteiger partial charge in [-0.25, -0.2) is 14.0 Å². The number of hydrazine groups is 1. The molecule has 150 valence electrons. The van der Waals surface area contributed by atoms with Crippen LogP contribution in [0.3, 0.4) is 0 Å². The normalized spacial score (nSPS) is 15.4. The average Bonchev–Trinajstić information content (AvgIpc) is 2.78. The Morgan fingerprint density at radius 2 is 2.17 bits per heavy atom. The summed E-state index contributed by atoms with van der Waals surface area (Å²) in [5.74, 6) is 11.8. The summed E-state index contributed by atoms with van der Waals surface area (Å²) >= 11 is 0. The number of hydrogen-bond donors (Lipinski definition) is 2. The predicted molar refractivity (Wildman–Crippen MR) is 120 cm³/mol. The molecule has 2 heterocycles. The highest BCUT2D eigenvalue weighted by Gasteiger charge is 2.26. The minimum atomic E-state index is -0.536. The van der Waals surface area contributed by atoms with E-state index in [0.717, 1.165) is 31.4 Å². The molecule has 0 amide bonds. The zero-order valence-electron chi connectivity index (χ0n) is 16.2. The molecule has 1 saturated heterocycles. The topological polar surface area (TPSA) is 81.2 Å². The largest absolute Gasteiger partial charge is 0.324 e. The van der Waals surface area contributed by atoms with Crippen LogP contribution in [0.15, 0.2) is 49.3 Å². The molecule has 0 saturated carbocycles. The molecule has 29 heavy (non-hydrogen) atoms. The van der Waals surface area contributed by atoms with Gasteiger partial charge >= 0.3 is 0 Å². The van der Waals surface area contributed by atoms with Crippen molar-refractivity contribution >= 4 is 34.8 Å². The van der Waals surface area contributed by atoms with Gasteiger partial charge in [0.25, 0.3) is 6.71 Å². The third kappa shape index (κ3) is 5.04. The summed E-state index contributed by atoms with van der Waals surface area (Å²) in [6.45, 7) is 5.81. The summed E-state index contributed by atoms with van der Waals surface area (Å²) < 4.78 is 19.1. The molecule has 1 unspecified atom stereocenters. The van der Waals surface area contributed by atoms with E-state index in [9.17, 15) is 4.39 Å². The summed E-state index contributed by atoms with van der Waals surface area (Å²) in [4.78, 5) is 4.22. The fourth-order valence-corrected chi connectivity index (χ4v) is 4.78. The van der Waals surface area contributed by atoms with E-state index >= 15 is 0 Å². The van der Waals surface area contributed by atoms with Crippen LogP contribution < -0.4 is 15.6 Å². The molecule has 3 rings (SSSR count). The van der Waals surface area contributed by atoms with E-state index < -0.39 is 10.9 Å². The number of hydrogen-bond acceptors (Lipinski definition) is 6. The van der Waals surface area contributed by atoms with Crippen LogP contribution in [-0.4, -0.2) is 35.0 Å². The van der Waals surface area contributed by atoms with Crippen LogP contribution in [0, 0.1) is 17.0 Å². The summed E-state index contributed by atoms with van der Waals surface area (Å²) in [5, 5.41) is 9.15. The van der Waals surface area contributed by atoms with E-state index in [1.165, 1.54) is 6.07 Å². The molecule has 9 heteroatoms. The number of halogens is 1. The van der Waals surface area contributed by atoms with E-state index in [4.69, 9.17) is 11.1 Å². The van der Waals surface area contributed by atoms with Gasteiger partial charge in [-0.05, 0) is 47.6 Å². The van der Waals surface area contributed by atoms with Gasteiger partial charge in [0, 0.05) is 42.1 Å². The van der Waals surface area contributed by atoms with Crippen LogP contribution in [-0.2, 0) is 6.54 Å². The number of rotatable bonds is 7. The minimum Gasteiger partial charge on any atom is -0.324 e. The van der Waals surface area contributed by atoms with Gasteiger partial charge in [0.15, 0.2) is 0 Å². The summed E-state index contributed by atoms with van der Waals surface area (Å²) in [5.41, 5.74) is 4.94. The predicted octanol–water partition coefficient (Wildman–Crippen LogP) is 3.07.